The fourth-order valence-electron chi connectivity index (χ4n) is 1.71. The number of anilines is 1. The van der Waals surface area contributed by atoms with Gasteiger partial charge < -0.3 is 4.90 Å². The highest BCUT2D eigenvalue weighted by atomic mass is 15.2. The molecular weight excluding hydrogens is 252 g/mol. The molecule has 0 amide bonds. The maximum atomic E-state index is 8.74. The molecule has 0 saturated heterocycles. The molecule has 0 aliphatic heterocycles. The van der Waals surface area contributed by atoms with Gasteiger partial charge in [-0.2, -0.15) is 10.5 Å². The minimum absolute atomic E-state index is 0.273. The summed E-state index contributed by atoms with van der Waals surface area (Å²) in [6.07, 6.45) is 6.85. The van der Waals surface area contributed by atoms with E-state index in [2.05, 4.69) is 21.0 Å². The summed E-state index contributed by atoms with van der Waals surface area (Å²) < 4.78 is 0. The molecule has 0 unspecified atom stereocenters. The van der Waals surface area contributed by atoms with E-state index in [-0.39, 0.29) is 5.69 Å². The van der Waals surface area contributed by atoms with Crippen molar-refractivity contribution in [2.75, 3.05) is 11.4 Å². The van der Waals surface area contributed by atoms with Crippen LogP contribution in [0.5, 0.6) is 0 Å². The maximum Gasteiger partial charge on any atom is 0.158 e. The Morgan fingerprint density at radius 1 is 1.15 bits per heavy atom. The van der Waals surface area contributed by atoms with Gasteiger partial charge in [0.05, 0.1) is 24.9 Å². The smallest absolute Gasteiger partial charge is 0.158 e. The van der Waals surface area contributed by atoms with Gasteiger partial charge in [-0.1, -0.05) is 6.07 Å². The van der Waals surface area contributed by atoms with Crippen molar-refractivity contribution in [3.8, 4) is 12.1 Å². The van der Waals surface area contributed by atoms with Crippen LogP contribution < -0.4 is 4.90 Å². The number of pyridine rings is 1. The molecule has 0 aromatic carbocycles. The lowest BCUT2D eigenvalue weighted by atomic mass is 10.2. The Labute approximate surface area is 117 Å². The van der Waals surface area contributed by atoms with Crippen molar-refractivity contribution >= 4 is 5.82 Å². The van der Waals surface area contributed by atoms with E-state index >= 15 is 0 Å². The summed E-state index contributed by atoms with van der Waals surface area (Å²) in [5.41, 5.74) is 1.30. The maximum absolute atomic E-state index is 8.74. The summed E-state index contributed by atoms with van der Waals surface area (Å²) in [6, 6.07) is 7.88. The summed E-state index contributed by atoms with van der Waals surface area (Å²) in [5, 5.41) is 17.5. The van der Waals surface area contributed by atoms with Gasteiger partial charge in [-0.3, -0.25) is 4.98 Å². The lowest BCUT2D eigenvalue weighted by Gasteiger charge is -2.22. The zero-order valence-corrected chi connectivity index (χ0v) is 10.8. The van der Waals surface area contributed by atoms with Gasteiger partial charge in [0.1, 0.15) is 11.9 Å². The van der Waals surface area contributed by atoms with Crippen LogP contribution in [-0.4, -0.2) is 21.5 Å². The van der Waals surface area contributed by atoms with E-state index in [1.165, 1.54) is 6.20 Å². The zero-order valence-electron chi connectivity index (χ0n) is 10.8. The van der Waals surface area contributed by atoms with Crippen LogP contribution in [0.3, 0.4) is 0 Å². The molecule has 2 heterocycles. The summed E-state index contributed by atoms with van der Waals surface area (Å²) >= 11 is 0. The predicted molar refractivity (Wildman–Crippen MR) is 72.3 cm³/mol. The molecular formula is C14H12N6. The first-order chi connectivity index (χ1) is 9.83. The van der Waals surface area contributed by atoms with Gasteiger partial charge in [-0.15, -0.1) is 0 Å². The Morgan fingerprint density at radius 3 is 2.65 bits per heavy atom. The third-order valence-electron chi connectivity index (χ3n) is 2.67. The first-order valence-corrected chi connectivity index (χ1v) is 6.06. The van der Waals surface area contributed by atoms with Crippen LogP contribution in [0.15, 0.2) is 36.9 Å². The minimum atomic E-state index is 0.273. The van der Waals surface area contributed by atoms with Gasteiger partial charge in [0.15, 0.2) is 5.69 Å². The number of hydrogen-bond acceptors (Lipinski definition) is 6. The summed E-state index contributed by atoms with van der Waals surface area (Å²) in [7, 11) is 0. The minimum Gasteiger partial charge on any atom is -0.350 e. The van der Waals surface area contributed by atoms with Crippen molar-refractivity contribution in [1.29, 1.82) is 10.5 Å². The molecule has 0 saturated carbocycles. The molecule has 0 N–H and O–H groups in total. The van der Waals surface area contributed by atoms with Gasteiger partial charge in [-0.25, -0.2) is 9.97 Å². The first kappa shape index (κ1) is 13.4. The van der Waals surface area contributed by atoms with Crippen LogP contribution in [-0.2, 0) is 6.54 Å². The van der Waals surface area contributed by atoms with E-state index in [9.17, 15) is 0 Å². The van der Waals surface area contributed by atoms with Crippen molar-refractivity contribution in [3.05, 3.63) is 48.2 Å². The second-order valence-electron chi connectivity index (χ2n) is 4.06. The average molecular weight is 264 g/mol. The van der Waals surface area contributed by atoms with Gasteiger partial charge in [-0.05, 0) is 11.6 Å². The fraction of sp³-hybridized carbons (Fsp3) is 0.214. The molecule has 6 nitrogen and oxygen atoms in total. The Bertz CT molecular complexity index is 623. The van der Waals surface area contributed by atoms with Gasteiger partial charge in [0.25, 0.3) is 0 Å². The lowest BCUT2D eigenvalue weighted by molar-refractivity contribution is 0.776. The number of nitrogens with zero attached hydrogens (tertiary/aromatic N) is 6. The van der Waals surface area contributed by atoms with E-state index in [1.54, 1.807) is 18.6 Å². The van der Waals surface area contributed by atoms with E-state index in [0.29, 0.717) is 25.3 Å². The molecule has 98 valence electrons. The van der Waals surface area contributed by atoms with E-state index in [4.69, 9.17) is 10.5 Å². The molecule has 0 radical (unpaired) electrons. The van der Waals surface area contributed by atoms with Crippen LogP contribution in [0.25, 0.3) is 0 Å². The van der Waals surface area contributed by atoms with Crippen LogP contribution in [0.2, 0.25) is 0 Å². The Balaban J connectivity index is 2.18. The van der Waals surface area contributed by atoms with Gasteiger partial charge >= 0.3 is 0 Å². The number of hydrogen-bond donors (Lipinski definition) is 0. The zero-order chi connectivity index (χ0) is 14.2. The third kappa shape index (κ3) is 3.50. The lowest BCUT2D eigenvalue weighted by Crippen LogP contribution is -2.25. The Morgan fingerprint density at radius 2 is 2.05 bits per heavy atom. The largest absolute Gasteiger partial charge is 0.350 e. The Hall–Kier alpha value is -2.99. The van der Waals surface area contributed by atoms with Crippen LogP contribution in [0.4, 0.5) is 5.82 Å². The van der Waals surface area contributed by atoms with Crippen LogP contribution >= 0.6 is 0 Å². The molecule has 2 rings (SSSR count). The SMILES string of the molecule is N#CCCN(Cc1cccnc1)c1cnc(C#N)cn1. The molecule has 0 aliphatic carbocycles. The molecule has 0 spiro atoms. The third-order valence-corrected chi connectivity index (χ3v) is 2.67. The number of nitriles is 2. The van der Waals surface area contributed by atoms with E-state index in [1.807, 2.05) is 23.1 Å². The average Bonchev–Trinajstić information content (AvgIpc) is 2.52. The van der Waals surface area contributed by atoms with Gasteiger partial charge in [0, 0.05) is 25.5 Å². The van der Waals surface area contributed by atoms with Crippen LogP contribution in [0.1, 0.15) is 17.7 Å². The molecule has 2 aromatic rings. The van der Waals surface area contributed by atoms with E-state index in [0.717, 1.165) is 5.56 Å². The first-order valence-electron chi connectivity index (χ1n) is 6.06. The van der Waals surface area contributed by atoms with E-state index < -0.39 is 0 Å². The molecule has 0 fully saturated rings. The standard InChI is InChI=1S/C14H12N6/c15-4-2-6-20(11-12-3-1-5-17-8-12)14-10-18-13(7-16)9-19-14/h1,3,5,8-10H,2,6,11H2. The van der Waals surface area contributed by atoms with Crippen molar-refractivity contribution in [2.45, 2.75) is 13.0 Å². The quantitative estimate of drug-likeness (QED) is 0.815. The van der Waals surface area contributed by atoms with Crippen molar-refractivity contribution in [1.82, 2.24) is 15.0 Å². The Kier molecular flexibility index (Phi) is 4.58. The molecule has 6 heteroatoms. The number of rotatable bonds is 5. The topological polar surface area (TPSA) is 89.5 Å². The monoisotopic (exact) mass is 264 g/mol. The fourth-order valence-corrected chi connectivity index (χ4v) is 1.71. The van der Waals surface area contributed by atoms with Gasteiger partial charge in [0.2, 0.25) is 0 Å². The summed E-state index contributed by atoms with van der Waals surface area (Å²) in [6.45, 7) is 1.14. The molecule has 0 bridgehead atoms. The normalized spacial score (nSPS) is 9.50. The van der Waals surface area contributed by atoms with Crippen LogP contribution in [0, 0.1) is 22.7 Å². The molecule has 2 aromatic heterocycles. The highest BCUT2D eigenvalue weighted by molar-refractivity contribution is 5.38. The predicted octanol–water partition coefficient (Wildman–Crippen LogP) is 1.66. The van der Waals surface area contributed by atoms with Crippen molar-refractivity contribution < 1.29 is 0 Å². The second kappa shape index (κ2) is 6.81. The summed E-state index contributed by atoms with van der Waals surface area (Å²) in [4.78, 5) is 14.2. The van der Waals surface area contributed by atoms with Crippen molar-refractivity contribution in [2.24, 2.45) is 0 Å². The molecule has 20 heavy (non-hydrogen) atoms. The summed E-state index contributed by atoms with van der Waals surface area (Å²) in [5.74, 6) is 0.642. The highest BCUT2D eigenvalue weighted by Crippen LogP contribution is 2.13. The van der Waals surface area contributed by atoms with Crippen molar-refractivity contribution in [3.63, 3.8) is 0 Å². The molecule has 0 aliphatic rings. The molecule has 0 atom stereocenters. The second-order valence-corrected chi connectivity index (χ2v) is 4.06. The number of aromatic nitrogens is 3. The highest BCUT2D eigenvalue weighted by Gasteiger charge is 2.09.